The van der Waals surface area contributed by atoms with Crippen molar-refractivity contribution in [3.63, 3.8) is 0 Å². The van der Waals surface area contributed by atoms with Crippen LogP contribution in [-0.2, 0) is 6.42 Å². The maximum Gasteiger partial charge on any atom is 0.315 e. The van der Waals surface area contributed by atoms with Crippen LogP contribution >= 0.6 is 0 Å². The molecule has 1 aliphatic rings. The highest BCUT2D eigenvalue weighted by Crippen LogP contribution is 2.31. The monoisotopic (exact) mass is 266 g/mol. The number of hydrogen-bond acceptors (Lipinski definition) is 2. The molecule has 0 bridgehead atoms. The third kappa shape index (κ3) is 3.44. The Morgan fingerprint density at radius 3 is 3.11 bits per heavy atom. The van der Waals surface area contributed by atoms with Gasteiger partial charge in [-0.2, -0.15) is 0 Å². The van der Waals surface area contributed by atoms with Gasteiger partial charge in [0.1, 0.15) is 5.82 Å². The van der Waals surface area contributed by atoms with Crippen molar-refractivity contribution in [2.45, 2.75) is 38.3 Å². The Balaban J connectivity index is 1.95. The molecule has 0 radical (unpaired) electrons. The van der Waals surface area contributed by atoms with Crippen molar-refractivity contribution in [1.82, 2.24) is 10.6 Å². The van der Waals surface area contributed by atoms with Crippen LogP contribution in [0.25, 0.3) is 0 Å². The van der Waals surface area contributed by atoms with E-state index in [1.165, 1.54) is 12.1 Å². The summed E-state index contributed by atoms with van der Waals surface area (Å²) in [5, 5.41) is 14.4. The molecule has 0 fully saturated rings. The van der Waals surface area contributed by atoms with Crippen LogP contribution in [0.4, 0.5) is 9.18 Å². The Morgan fingerprint density at radius 1 is 1.58 bits per heavy atom. The Morgan fingerprint density at radius 2 is 2.37 bits per heavy atom. The fourth-order valence-electron chi connectivity index (χ4n) is 2.41. The summed E-state index contributed by atoms with van der Waals surface area (Å²) >= 11 is 0. The molecule has 104 valence electrons. The zero-order chi connectivity index (χ0) is 13.8. The van der Waals surface area contributed by atoms with E-state index in [1.807, 2.05) is 6.92 Å². The van der Waals surface area contributed by atoms with Crippen molar-refractivity contribution in [3.05, 3.63) is 35.1 Å². The summed E-state index contributed by atoms with van der Waals surface area (Å²) in [6, 6.07) is 4.22. The predicted molar refractivity (Wildman–Crippen MR) is 70.3 cm³/mol. The molecule has 1 unspecified atom stereocenters. The van der Waals surface area contributed by atoms with Gasteiger partial charge >= 0.3 is 6.03 Å². The average Bonchev–Trinajstić information content (AvgIpc) is 2.72. The number of urea groups is 1. The number of aliphatic hydroxyl groups excluding tert-OH is 1. The zero-order valence-electron chi connectivity index (χ0n) is 10.9. The molecule has 19 heavy (non-hydrogen) atoms. The Bertz CT molecular complexity index is 465. The number of aliphatic hydroxyl groups is 1. The highest BCUT2D eigenvalue weighted by molar-refractivity contribution is 5.75. The van der Waals surface area contributed by atoms with Crippen LogP contribution in [0.15, 0.2) is 18.2 Å². The molecule has 1 aromatic carbocycles. The minimum absolute atomic E-state index is 0.0406. The first-order chi connectivity index (χ1) is 9.10. The summed E-state index contributed by atoms with van der Waals surface area (Å²) in [4.78, 5) is 11.8. The number of aryl methyl sites for hydroxylation is 1. The molecule has 0 saturated heterocycles. The van der Waals surface area contributed by atoms with E-state index in [1.54, 1.807) is 6.07 Å². The van der Waals surface area contributed by atoms with Gasteiger partial charge in [0.25, 0.3) is 0 Å². The van der Waals surface area contributed by atoms with E-state index in [-0.39, 0.29) is 30.5 Å². The SMILES string of the molecule is C[C@H](CCO)NC(=O)NC1CCc2ccc(F)cc21. The number of carbonyl (C=O) groups is 1. The van der Waals surface area contributed by atoms with Gasteiger partial charge in [0.15, 0.2) is 0 Å². The lowest BCUT2D eigenvalue weighted by molar-refractivity contribution is 0.227. The van der Waals surface area contributed by atoms with Crippen molar-refractivity contribution in [2.24, 2.45) is 0 Å². The second-order valence-electron chi connectivity index (χ2n) is 4.97. The molecule has 0 saturated carbocycles. The minimum Gasteiger partial charge on any atom is -0.396 e. The van der Waals surface area contributed by atoms with E-state index in [2.05, 4.69) is 10.6 Å². The number of amides is 2. The van der Waals surface area contributed by atoms with E-state index in [0.29, 0.717) is 6.42 Å². The molecule has 2 atom stereocenters. The second kappa shape index (κ2) is 6.02. The lowest BCUT2D eigenvalue weighted by Crippen LogP contribution is -2.42. The van der Waals surface area contributed by atoms with Gasteiger partial charge < -0.3 is 15.7 Å². The molecule has 2 amide bonds. The van der Waals surface area contributed by atoms with Crippen molar-refractivity contribution in [3.8, 4) is 0 Å². The molecule has 0 aromatic heterocycles. The molecule has 2 rings (SSSR count). The van der Waals surface area contributed by atoms with Gasteiger partial charge in [-0.05, 0) is 49.4 Å². The molecular weight excluding hydrogens is 247 g/mol. The first-order valence-corrected chi connectivity index (χ1v) is 6.56. The van der Waals surface area contributed by atoms with E-state index < -0.39 is 0 Å². The van der Waals surface area contributed by atoms with Crippen LogP contribution in [0.3, 0.4) is 0 Å². The Labute approximate surface area is 112 Å². The van der Waals surface area contributed by atoms with Crippen LogP contribution in [0, 0.1) is 5.82 Å². The molecule has 0 aliphatic heterocycles. The van der Waals surface area contributed by atoms with Crippen molar-refractivity contribution >= 4 is 6.03 Å². The smallest absolute Gasteiger partial charge is 0.315 e. The van der Waals surface area contributed by atoms with E-state index in [9.17, 15) is 9.18 Å². The van der Waals surface area contributed by atoms with Crippen molar-refractivity contribution in [1.29, 1.82) is 0 Å². The highest BCUT2D eigenvalue weighted by Gasteiger charge is 2.24. The molecule has 4 nitrogen and oxygen atoms in total. The van der Waals surface area contributed by atoms with Gasteiger partial charge in [0.2, 0.25) is 0 Å². The van der Waals surface area contributed by atoms with E-state index >= 15 is 0 Å². The number of hydrogen-bond donors (Lipinski definition) is 3. The number of halogens is 1. The van der Waals surface area contributed by atoms with Crippen LogP contribution < -0.4 is 10.6 Å². The van der Waals surface area contributed by atoms with Gasteiger partial charge in [-0.1, -0.05) is 6.07 Å². The third-order valence-corrected chi connectivity index (χ3v) is 3.43. The number of nitrogens with one attached hydrogen (secondary N) is 2. The molecule has 3 N–H and O–H groups in total. The zero-order valence-corrected chi connectivity index (χ0v) is 10.9. The topological polar surface area (TPSA) is 61.4 Å². The maximum atomic E-state index is 13.2. The summed E-state index contributed by atoms with van der Waals surface area (Å²) in [6.45, 7) is 1.87. The Kier molecular flexibility index (Phi) is 4.37. The summed E-state index contributed by atoms with van der Waals surface area (Å²) in [5.74, 6) is -0.276. The Hall–Kier alpha value is -1.62. The van der Waals surface area contributed by atoms with Gasteiger partial charge in [0, 0.05) is 12.6 Å². The molecule has 0 heterocycles. The van der Waals surface area contributed by atoms with Crippen LogP contribution in [0.5, 0.6) is 0 Å². The van der Waals surface area contributed by atoms with Gasteiger partial charge in [-0.3, -0.25) is 0 Å². The molecule has 1 aliphatic carbocycles. The third-order valence-electron chi connectivity index (χ3n) is 3.43. The fourth-order valence-corrected chi connectivity index (χ4v) is 2.41. The van der Waals surface area contributed by atoms with Crippen LogP contribution in [-0.4, -0.2) is 23.8 Å². The largest absolute Gasteiger partial charge is 0.396 e. The minimum atomic E-state index is -0.276. The molecule has 5 heteroatoms. The van der Waals surface area contributed by atoms with Crippen LogP contribution in [0.2, 0.25) is 0 Å². The van der Waals surface area contributed by atoms with E-state index in [4.69, 9.17) is 5.11 Å². The second-order valence-corrected chi connectivity index (χ2v) is 4.97. The lowest BCUT2D eigenvalue weighted by Gasteiger charge is -2.18. The predicted octanol–water partition coefficient (Wildman–Crippen LogP) is 1.88. The first kappa shape index (κ1) is 13.8. The quantitative estimate of drug-likeness (QED) is 0.779. The average molecular weight is 266 g/mol. The standard InChI is InChI=1S/C14H19FN2O2/c1-9(6-7-18)16-14(19)17-13-5-3-10-2-4-11(15)8-12(10)13/h2,4,8-9,13,18H,3,5-7H2,1H3,(H2,16,17,19)/t9-,13?/m1/s1. The summed E-state index contributed by atoms with van der Waals surface area (Å²) in [5.41, 5.74) is 1.96. The highest BCUT2D eigenvalue weighted by atomic mass is 19.1. The van der Waals surface area contributed by atoms with Gasteiger partial charge in [0.05, 0.1) is 6.04 Å². The number of rotatable bonds is 4. The van der Waals surface area contributed by atoms with Gasteiger partial charge in [-0.25, -0.2) is 9.18 Å². The fraction of sp³-hybridized carbons (Fsp3) is 0.500. The number of carbonyl (C=O) groups excluding carboxylic acids is 1. The lowest BCUT2D eigenvalue weighted by atomic mass is 10.1. The maximum absolute atomic E-state index is 13.2. The summed E-state index contributed by atoms with van der Waals surface area (Å²) in [7, 11) is 0. The van der Waals surface area contributed by atoms with Crippen molar-refractivity contribution in [2.75, 3.05) is 6.61 Å². The van der Waals surface area contributed by atoms with Gasteiger partial charge in [-0.15, -0.1) is 0 Å². The first-order valence-electron chi connectivity index (χ1n) is 6.56. The van der Waals surface area contributed by atoms with E-state index in [0.717, 1.165) is 24.0 Å². The number of benzene rings is 1. The molecular formula is C14H19FN2O2. The molecule has 1 aromatic rings. The van der Waals surface area contributed by atoms with Crippen molar-refractivity contribution < 1.29 is 14.3 Å². The summed E-state index contributed by atoms with van der Waals surface area (Å²) < 4.78 is 13.2. The molecule has 0 spiro atoms. The number of fused-ring (bicyclic) bond motifs is 1. The normalized spacial score (nSPS) is 18.8. The summed E-state index contributed by atoms with van der Waals surface area (Å²) in [6.07, 6.45) is 2.16. The van der Waals surface area contributed by atoms with Crippen LogP contribution in [0.1, 0.15) is 36.9 Å².